The van der Waals surface area contributed by atoms with Crippen LogP contribution >= 0.6 is 11.3 Å². The third-order valence-electron chi connectivity index (χ3n) is 3.54. The number of nitrogens with one attached hydrogen (secondary N) is 2. The van der Waals surface area contributed by atoms with E-state index in [-0.39, 0.29) is 11.8 Å². The zero-order valence-corrected chi connectivity index (χ0v) is 12.1. The number of carbonyl (C=O) groups excluding carboxylic acids is 1. The number of benzene rings is 1. The van der Waals surface area contributed by atoms with Crippen LogP contribution in [-0.2, 0) is 4.79 Å². The molecule has 6 heteroatoms. The molecular formula is C14H17N3O2S. The Labute approximate surface area is 121 Å². The van der Waals surface area contributed by atoms with Crippen LogP contribution in [0.15, 0.2) is 18.2 Å². The molecule has 0 aliphatic carbocycles. The standard InChI is InChI=1S/C14H17N3O2S/c1-19-10-3-2-4-11-12(10)16-14(20-11)17-13(18)9-5-7-15-8-6-9/h2-4,9,15H,5-8H2,1H3,(H,16,17,18). The molecule has 0 bridgehead atoms. The lowest BCUT2D eigenvalue weighted by Gasteiger charge is -2.20. The van der Waals surface area contributed by atoms with Gasteiger partial charge in [-0.25, -0.2) is 4.98 Å². The van der Waals surface area contributed by atoms with Gasteiger partial charge in [0.15, 0.2) is 5.13 Å². The van der Waals surface area contributed by atoms with Crippen molar-refractivity contribution in [1.29, 1.82) is 0 Å². The molecule has 1 fully saturated rings. The van der Waals surface area contributed by atoms with Crippen molar-refractivity contribution in [3.05, 3.63) is 18.2 Å². The van der Waals surface area contributed by atoms with E-state index in [2.05, 4.69) is 15.6 Å². The van der Waals surface area contributed by atoms with Crippen molar-refractivity contribution >= 4 is 32.6 Å². The number of hydrogen-bond acceptors (Lipinski definition) is 5. The molecule has 0 saturated carbocycles. The van der Waals surface area contributed by atoms with Crippen molar-refractivity contribution in [2.45, 2.75) is 12.8 Å². The maximum Gasteiger partial charge on any atom is 0.229 e. The van der Waals surface area contributed by atoms with E-state index in [1.807, 2.05) is 18.2 Å². The molecule has 5 nitrogen and oxygen atoms in total. The van der Waals surface area contributed by atoms with Crippen molar-refractivity contribution in [3.8, 4) is 5.75 Å². The fraction of sp³-hybridized carbons (Fsp3) is 0.429. The number of para-hydroxylation sites is 1. The number of aromatic nitrogens is 1. The van der Waals surface area contributed by atoms with E-state index in [1.165, 1.54) is 11.3 Å². The second kappa shape index (κ2) is 5.76. The van der Waals surface area contributed by atoms with Gasteiger partial charge in [-0.1, -0.05) is 17.4 Å². The maximum absolute atomic E-state index is 12.2. The van der Waals surface area contributed by atoms with Crippen LogP contribution in [0.25, 0.3) is 10.2 Å². The maximum atomic E-state index is 12.2. The highest BCUT2D eigenvalue weighted by molar-refractivity contribution is 7.22. The van der Waals surface area contributed by atoms with Gasteiger partial charge in [-0.05, 0) is 38.1 Å². The molecule has 0 radical (unpaired) electrons. The summed E-state index contributed by atoms with van der Waals surface area (Å²) < 4.78 is 6.30. The lowest BCUT2D eigenvalue weighted by Crippen LogP contribution is -2.34. The summed E-state index contributed by atoms with van der Waals surface area (Å²) in [5.41, 5.74) is 0.806. The number of hydrogen-bond donors (Lipinski definition) is 2. The second-order valence-electron chi connectivity index (χ2n) is 4.84. The van der Waals surface area contributed by atoms with Gasteiger partial charge >= 0.3 is 0 Å². The number of nitrogens with zero attached hydrogens (tertiary/aromatic N) is 1. The molecule has 1 amide bonds. The fourth-order valence-electron chi connectivity index (χ4n) is 2.43. The van der Waals surface area contributed by atoms with E-state index in [0.29, 0.717) is 5.13 Å². The quantitative estimate of drug-likeness (QED) is 0.910. The smallest absolute Gasteiger partial charge is 0.229 e. The largest absolute Gasteiger partial charge is 0.494 e. The molecule has 2 aromatic rings. The van der Waals surface area contributed by atoms with Gasteiger partial charge < -0.3 is 15.4 Å². The molecule has 1 aliphatic rings. The Kier molecular flexibility index (Phi) is 3.84. The Morgan fingerprint density at radius 1 is 1.45 bits per heavy atom. The molecule has 3 rings (SSSR count). The lowest BCUT2D eigenvalue weighted by molar-refractivity contribution is -0.120. The number of fused-ring (bicyclic) bond motifs is 1. The van der Waals surface area contributed by atoms with E-state index < -0.39 is 0 Å². The summed E-state index contributed by atoms with van der Waals surface area (Å²) >= 11 is 1.48. The van der Waals surface area contributed by atoms with E-state index in [1.54, 1.807) is 7.11 Å². The Hall–Kier alpha value is -1.66. The fourth-order valence-corrected chi connectivity index (χ4v) is 3.32. The Morgan fingerprint density at radius 3 is 3.00 bits per heavy atom. The van der Waals surface area contributed by atoms with Crippen molar-refractivity contribution in [3.63, 3.8) is 0 Å². The van der Waals surface area contributed by atoms with Gasteiger partial charge in [-0.3, -0.25) is 4.79 Å². The van der Waals surface area contributed by atoms with Gasteiger partial charge in [0.05, 0.1) is 11.8 Å². The number of piperidine rings is 1. The first kappa shape index (κ1) is 13.3. The summed E-state index contributed by atoms with van der Waals surface area (Å²) in [6, 6.07) is 5.79. The van der Waals surface area contributed by atoms with Crippen LogP contribution in [0.5, 0.6) is 5.75 Å². The van der Waals surface area contributed by atoms with Gasteiger partial charge in [0.25, 0.3) is 0 Å². The van der Waals surface area contributed by atoms with Crippen LogP contribution in [0.1, 0.15) is 12.8 Å². The SMILES string of the molecule is COc1cccc2sc(NC(=O)C3CCNCC3)nc12. The zero-order chi connectivity index (χ0) is 13.9. The third-order valence-corrected chi connectivity index (χ3v) is 4.48. The van der Waals surface area contributed by atoms with E-state index in [0.717, 1.165) is 41.9 Å². The molecule has 0 spiro atoms. The summed E-state index contributed by atoms with van der Waals surface area (Å²) in [6.45, 7) is 1.82. The third kappa shape index (κ3) is 2.62. The van der Waals surface area contributed by atoms with Crippen molar-refractivity contribution in [2.75, 3.05) is 25.5 Å². The molecule has 2 heterocycles. The van der Waals surface area contributed by atoms with Crippen LogP contribution in [0.2, 0.25) is 0 Å². The summed E-state index contributed by atoms with van der Waals surface area (Å²) in [7, 11) is 1.63. The number of methoxy groups -OCH3 is 1. The van der Waals surface area contributed by atoms with Gasteiger partial charge in [-0.15, -0.1) is 0 Å². The van der Waals surface area contributed by atoms with Crippen molar-refractivity contribution in [1.82, 2.24) is 10.3 Å². The Balaban J connectivity index is 1.78. The van der Waals surface area contributed by atoms with E-state index in [4.69, 9.17) is 4.74 Å². The normalized spacial score (nSPS) is 16.2. The molecule has 1 aromatic heterocycles. The highest BCUT2D eigenvalue weighted by Crippen LogP contribution is 2.32. The highest BCUT2D eigenvalue weighted by atomic mass is 32.1. The van der Waals surface area contributed by atoms with Crippen molar-refractivity contribution in [2.24, 2.45) is 5.92 Å². The first-order valence-corrected chi connectivity index (χ1v) is 7.54. The Morgan fingerprint density at radius 2 is 2.25 bits per heavy atom. The predicted molar refractivity (Wildman–Crippen MR) is 80.4 cm³/mol. The highest BCUT2D eigenvalue weighted by Gasteiger charge is 2.22. The average molecular weight is 291 g/mol. The predicted octanol–water partition coefficient (Wildman–Crippen LogP) is 2.24. The van der Waals surface area contributed by atoms with E-state index >= 15 is 0 Å². The Bertz CT molecular complexity index is 620. The molecular weight excluding hydrogens is 274 g/mol. The van der Waals surface area contributed by atoms with Gasteiger partial charge in [0.1, 0.15) is 11.3 Å². The number of amides is 1. The molecule has 2 N–H and O–H groups in total. The average Bonchev–Trinajstić information content (AvgIpc) is 2.90. The minimum Gasteiger partial charge on any atom is -0.494 e. The number of thiazole rings is 1. The van der Waals surface area contributed by atoms with Crippen LogP contribution in [-0.4, -0.2) is 31.1 Å². The van der Waals surface area contributed by atoms with E-state index in [9.17, 15) is 4.79 Å². The lowest BCUT2D eigenvalue weighted by atomic mass is 9.97. The number of carbonyl (C=O) groups is 1. The molecule has 20 heavy (non-hydrogen) atoms. The van der Waals surface area contributed by atoms with Crippen molar-refractivity contribution < 1.29 is 9.53 Å². The van der Waals surface area contributed by atoms with Crippen LogP contribution in [0.4, 0.5) is 5.13 Å². The monoisotopic (exact) mass is 291 g/mol. The molecule has 1 aromatic carbocycles. The first-order chi connectivity index (χ1) is 9.78. The first-order valence-electron chi connectivity index (χ1n) is 6.73. The molecule has 0 atom stereocenters. The molecule has 1 saturated heterocycles. The number of ether oxygens (including phenoxy) is 1. The van der Waals surface area contributed by atoms with Crippen LogP contribution in [0.3, 0.4) is 0 Å². The summed E-state index contributed by atoms with van der Waals surface area (Å²) in [5.74, 6) is 0.899. The minimum atomic E-state index is 0.0736. The van der Waals surface area contributed by atoms with Gasteiger partial charge in [-0.2, -0.15) is 0 Å². The number of rotatable bonds is 3. The molecule has 1 aliphatic heterocycles. The molecule has 0 unspecified atom stereocenters. The van der Waals surface area contributed by atoms with Gasteiger partial charge in [0, 0.05) is 5.92 Å². The summed E-state index contributed by atoms with van der Waals surface area (Å²) in [5, 5.41) is 6.84. The topological polar surface area (TPSA) is 63.2 Å². The zero-order valence-electron chi connectivity index (χ0n) is 11.3. The minimum absolute atomic E-state index is 0.0736. The van der Waals surface area contributed by atoms with Gasteiger partial charge in [0.2, 0.25) is 5.91 Å². The number of anilines is 1. The van der Waals surface area contributed by atoms with Crippen LogP contribution < -0.4 is 15.4 Å². The summed E-state index contributed by atoms with van der Waals surface area (Å²) in [4.78, 5) is 16.7. The second-order valence-corrected chi connectivity index (χ2v) is 5.87. The van der Waals surface area contributed by atoms with Crippen LogP contribution in [0, 0.1) is 5.92 Å². The molecule has 106 valence electrons. The summed E-state index contributed by atoms with van der Waals surface area (Å²) in [6.07, 6.45) is 1.78.